The molecule has 0 unspecified atom stereocenters. The molecule has 0 spiro atoms. The maximum atomic E-state index is 12.2. The van der Waals surface area contributed by atoms with E-state index >= 15 is 0 Å². The van der Waals surface area contributed by atoms with Gasteiger partial charge in [-0.05, 0) is 31.9 Å². The number of rotatable bonds is 6. The van der Waals surface area contributed by atoms with Crippen LogP contribution in [-0.2, 0) is 9.59 Å². The minimum atomic E-state index is -0.628. The summed E-state index contributed by atoms with van der Waals surface area (Å²) in [5.41, 5.74) is 8.85. The molecule has 0 radical (unpaired) electrons. The Morgan fingerprint density at radius 2 is 1.81 bits per heavy atom. The Bertz CT molecular complexity index is 758. The van der Waals surface area contributed by atoms with E-state index in [1.165, 1.54) is 0 Å². The Morgan fingerprint density at radius 3 is 2.38 bits per heavy atom. The SMILES string of the molecule is Cc1nn(-c2ccccc2)c(C)c1NC(=O)CNC(=O)[C@@H](N)C(C)C.Cl. The molecule has 26 heavy (non-hydrogen) atoms. The number of nitrogens with two attached hydrogens (primary N) is 1. The van der Waals surface area contributed by atoms with E-state index in [4.69, 9.17) is 5.73 Å². The number of carbonyl (C=O) groups excluding carboxylic acids is 2. The summed E-state index contributed by atoms with van der Waals surface area (Å²) >= 11 is 0. The smallest absolute Gasteiger partial charge is 0.243 e. The Balaban J connectivity index is 0.00000338. The highest BCUT2D eigenvalue weighted by Gasteiger charge is 2.19. The molecule has 0 fully saturated rings. The zero-order valence-corrected chi connectivity index (χ0v) is 16.3. The van der Waals surface area contributed by atoms with Gasteiger partial charge in [-0.1, -0.05) is 32.0 Å². The number of halogens is 1. The summed E-state index contributed by atoms with van der Waals surface area (Å²) in [7, 11) is 0. The summed E-state index contributed by atoms with van der Waals surface area (Å²) in [4.78, 5) is 24.0. The average Bonchev–Trinajstić information content (AvgIpc) is 2.87. The number of anilines is 1. The summed E-state index contributed by atoms with van der Waals surface area (Å²) in [5.74, 6) is -0.640. The lowest BCUT2D eigenvalue weighted by molar-refractivity contribution is -0.125. The van der Waals surface area contributed by atoms with Crippen molar-refractivity contribution in [3.8, 4) is 5.69 Å². The van der Waals surface area contributed by atoms with Crippen molar-refractivity contribution in [1.29, 1.82) is 0 Å². The number of benzene rings is 1. The number of hydrogen-bond acceptors (Lipinski definition) is 4. The van der Waals surface area contributed by atoms with Crippen molar-refractivity contribution in [2.24, 2.45) is 11.7 Å². The molecule has 0 saturated carbocycles. The Labute approximate surface area is 159 Å². The first kappa shape index (κ1) is 21.7. The van der Waals surface area contributed by atoms with Crippen LogP contribution in [-0.4, -0.2) is 34.2 Å². The van der Waals surface area contributed by atoms with Crippen molar-refractivity contribution in [3.63, 3.8) is 0 Å². The summed E-state index contributed by atoms with van der Waals surface area (Å²) in [6.45, 7) is 7.30. The predicted octanol–water partition coefficient (Wildman–Crippen LogP) is 1.95. The van der Waals surface area contributed by atoms with E-state index in [1.54, 1.807) is 4.68 Å². The molecule has 0 bridgehead atoms. The second-order valence-corrected chi connectivity index (χ2v) is 6.33. The van der Waals surface area contributed by atoms with Gasteiger partial charge in [0, 0.05) is 0 Å². The summed E-state index contributed by atoms with van der Waals surface area (Å²) in [5, 5.41) is 9.85. The minimum Gasteiger partial charge on any atom is -0.346 e. The van der Waals surface area contributed by atoms with E-state index in [0.29, 0.717) is 11.4 Å². The fourth-order valence-corrected chi connectivity index (χ4v) is 2.42. The topological polar surface area (TPSA) is 102 Å². The molecular formula is C18H26ClN5O2. The van der Waals surface area contributed by atoms with Crippen LogP contribution in [0.3, 0.4) is 0 Å². The second-order valence-electron chi connectivity index (χ2n) is 6.33. The van der Waals surface area contributed by atoms with Gasteiger partial charge in [-0.2, -0.15) is 5.10 Å². The first-order chi connectivity index (χ1) is 11.8. The van der Waals surface area contributed by atoms with Crippen molar-refractivity contribution in [3.05, 3.63) is 41.7 Å². The van der Waals surface area contributed by atoms with Crippen LogP contribution in [0.4, 0.5) is 5.69 Å². The van der Waals surface area contributed by atoms with Crippen molar-refractivity contribution in [1.82, 2.24) is 15.1 Å². The van der Waals surface area contributed by atoms with Crippen LogP contribution in [0.15, 0.2) is 30.3 Å². The Morgan fingerprint density at radius 1 is 1.19 bits per heavy atom. The van der Waals surface area contributed by atoms with Gasteiger partial charge in [0.15, 0.2) is 0 Å². The molecule has 8 heteroatoms. The van der Waals surface area contributed by atoms with E-state index in [0.717, 1.165) is 11.4 Å². The molecular weight excluding hydrogens is 354 g/mol. The van der Waals surface area contributed by atoms with Gasteiger partial charge in [-0.15, -0.1) is 12.4 Å². The van der Waals surface area contributed by atoms with Crippen molar-refractivity contribution in [2.45, 2.75) is 33.7 Å². The molecule has 1 atom stereocenters. The second kappa shape index (κ2) is 9.35. The standard InChI is InChI=1S/C18H25N5O2.ClH/c1-11(2)16(19)18(25)20-10-15(24)21-17-12(3)22-23(13(17)4)14-8-6-5-7-9-14;/h5-9,11,16H,10,19H2,1-4H3,(H,20,25)(H,21,24);1H/t16-;/m0./s1. The van der Waals surface area contributed by atoms with Gasteiger partial charge in [0.25, 0.3) is 0 Å². The van der Waals surface area contributed by atoms with Crippen LogP contribution in [0.5, 0.6) is 0 Å². The lowest BCUT2D eigenvalue weighted by Gasteiger charge is -2.15. The van der Waals surface area contributed by atoms with E-state index in [-0.39, 0.29) is 36.7 Å². The normalized spacial score (nSPS) is 11.6. The van der Waals surface area contributed by atoms with Crippen LogP contribution in [0.1, 0.15) is 25.2 Å². The number of amides is 2. The van der Waals surface area contributed by atoms with Crippen molar-refractivity contribution < 1.29 is 9.59 Å². The molecule has 0 aliphatic heterocycles. The first-order valence-corrected chi connectivity index (χ1v) is 8.26. The molecule has 142 valence electrons. The summed E-state index contributed by atoms with van der Waals surface area (Å²) in [6.07, 6.45) is 0. The minimum absolute atomic E-state index is 0. The first-order valence-electron chi connectivity index (χ1n) is 8.26. The maximum absolute atomic E-state index is 12.2. The summed E-state index contributed by atoms with van der Waals surface area (Å²) in [6, 6.07) is 9.05. The number of nitrogens with one attached hydrogen (secondary N) is 2. The molecule has 1 aromatic heterocycles. The fourth-order valence-electron chi connectivity index (χ4n) is 2.42. The molecule has 1 aromatic carbocycles. The monoisotopic (exact) mass is 379 g/mol. The van der Waals surface area contributed by atoms with Gasteiger partial charge in [0.2, 0.25) is 11.8 Å². The highest BCUT2D eigenvalue weighted by molar-refractivity contribution is 5.96. The average molecular weight is 380 g/mol. The van der Waals surface area contributed by atoms with Crippen LogP contribution >= 0.6 is 12.4 Å². The van der Waals surface area contributed by atoms with E-state index in [2.05, 4.69) is 15.7 Å². The third kappa shape index (κ3) is 5.06. The van der Waals surface area contributed by atoms with Gasteiger partial charge >= 0.3 is 0 Å². The highest BCUT2D eigenvalue weighted by atomic mass is 35.5. The summed E-state index contributed by atoms with van der Waals surface area (Å²) < 4.78 is 1.78. The number of aryl methyl sites for hydroxylation is 1. The lowest BCUT2D eigenvalue weighted by atomic mass is 10.1. The highest BCUT2D eigenvalue weighted by Crippen LogP contribution is 2.22. The van der Waals surface area contributed by atoms with Crippen LogP contribution < -0.4 is 16.4 Å². The van der Waals surface area contributed by atoms with Crippen LogP contribution in [0.2, 0.25) is 0 Å². The third-order valence-electron chi connectivity index (χ3n) is 4.00. The Hall–Kier alpha value is -2.38. The van der Waals surface area contributed by atoms with Gasteiger partial charge < -0.3 is 16.4 Å². The zero-order chi connectivity index (χ0) is 18.6. The molecule has 0 aliphatic carbocycles. The van der Waals surface area contributed by atoms with Gasteiger partial charge in [0.05, 0.1) is 35.3 Å². The molecule has 1 heterocycles. The number of carbonyl (C=O) groups is 2. The molecule has 0 aliphatic rings. The number of aromatic nitrogens is 2. The number of nitrogens with zero attached hydrogens (tertiary/aromatic N) is 2. The van der Waals surface area contributed by atoms with Crippen molar-refractivity contribution in [2.75, 3.05) is 11.9 Å². The molecule has 4 N–H and O–H groups in total. The van der Waals surface area contributed by atoms with Crippen molar-refractivity contribution >= 4 is 29.9 Å². The molecule has 7 nitrogen and oxygen atoms in total. The largest absolute Gasteiger partial charge is 0.346 e. The van der Waals surface area contributed by atoms with E-state index in [9.17, 15) is 9.59 Å². The number of hydrogen-bond donors (Lipinski definition) is 3. The van der Waals surface area contributed by atoms with E-state index in [1.807, 2.05) is 58.0 Å². The fraction of sp³-hybridized carbons (Fsp3) is 0.389. The predicted molar refractivity (Wildman–Crippen MR) is 105 cm³/mol. The third-order valence-corrected chi connectivity index (χ3v) is 4.00. The van der Waals surface area contributed by atoms with Crippen LogP contribution in [0, 0.1) is 19.8 Å². The molecule has 2 rings (SSSR count). The molecule has 2 aromatic rings. The van der Waals surface area contributed by atoms with Crippen LogP contribution in [0.25, 0.3) is 5.69 Å². The number of para-hydroxylation sites is 1. The maximum Gasteiger partial charge on any atom is 0.243 e. The van der Waals surface area contributed by atoms with Gasteiger partial charge in [-0.25, -0.2) is 4.68 Å². The quantitative estimate of drug-likeness (QED) is 0.713. The van der Waals surface area contributed by atoms with Gasteiger partial charge in [-0.3, -0.25) is 9.59 Å². The van der Waals surface area contributed by atoms with E-state index < -0.39 is 6.04 Å². The Kier molecular flexibility index (Phi) is 7.79. The van der Waals surface area contributed by atoms with Gasteiger partial charge in [0.1, 0.15) is 0 Å². The lowest BCUT2D eigenvalue weighted by Crippen LogP contribution is -2.46. The zero-order valence-electron chi connectivity index (χ0n) is 15.4. The molecule has 2 amide bonds. The molecule has 0 saturated heterocycles.